The molecule has 1 atom stereocenters. The number of nitrogens with zero attached hydrogens (tertiary/aromatic N) is 3. The van der Waals surface area contributed by atoms with Crippen molar-refractivity contribution in [2.75, 3.05) is 6.61 Å². The fourth-order valence-corrected chi connectivity index (χ4v) is 3.15. The summed E-state index contributed by atoms with van der Waals surface area (Å²) in [6, 6.07) is 8.91. The summed E-state index contributed by atoms with van der Waals surface area (Å²) in [4.78, 5) is 20.2. The molecule has 0 unspecified atom stereocenters. The van der Waals surface area contributed by atoms with Crippen LogP contribution < -0.4 is 5.73 Å². The molecule has 2 heterocycles. The highest BCUT2D eigenvalue weighted by atomic mass is 35.5. The zero-order valence-corrected chi connectivity index (χ0v) is 15.5. The Morgan fingerprint density at radius 1 is 1.39 bits per heavy atom. The number of hydrogen-bond acceptors (Lipinski definition) is 6. The number of nitriles is 1. The number of rotatable bonds is 4. The second-order valence-corrected chi connectivity index (χ2v) is 6.88. The summed E-state index contributed by atoms with van der Waals surface area (Å²) in [5.41, 5.74) is 4.48. The van der Waals surface area contributed by atoms with Gasteiger partial charge in [0.1, 0.15) is 11.8 Å². The minimum Gasteiger partial charge on any atom is -0.459 e. The fourth-order valence-electron chi connectivity index (χ4n) is 2.85. The number of benzene rings is 1. The van der Waals surface area contributed by atoms with Gasteiger partial charge in [0.15, 0.2) is 17.9 Å². The van der Waals surface area contributed by atoms with Gasteiger partial charge in [-0.3, -0.25) is 9.78 Å². The molecule has 0 saturated carbocycles. The van der Waals surface area contributed by atoms with Crippen molar-refractivity contribution in [3.63, 3.8) is 0 Å². The van der Waals surface area contributed by atoms with Gasteiger partial charge < -0.3 is 10.5 Å². The lowest BCUT2D eigenvalue weighted by atomic mass is 9.84. The third kappa shape index (κ3) is 3.53. The molecule has 0 bridgehead atoms. The minimum absolute atomic E-state index is 0.0449. The molecule has 0 spiro atoms. The molecule has 1 aliphatic heterocycles. The van der Waals surface area contributed by atoms with E-state index in [-0.39, 0.29) is 34.5 Å². The van der Waals surface area contributed by atoms with Gasteiger partial charge in [-0.2, -0.15) is 14.0 Å². The van der Waals surface area contributed by atoms with Crippen LogP contribution in [0.5, 0.6) is 0 Å². The van der Waals surface area contributed by atoms with Crippen molar-refractivity contribution in [2.24, 2.45) is 10.7 Å². The first-order chi connectivity index (χ1) is 13.2. The largest absolute Gasteiger partial charge is 0.459 e. The number of ether oxygens (including phenoxy) is 1. The van der Waals surface area contributed by atoms with E-state index in [2.05, 4.69) is 14.7 Å². The molecule has 2 aromatic rings. The SMILES string of the molecule is C[C@]1(c2cc(CC(=O)c3ccc(C#N)cn3)ccc2Cl)N=C(N)OCC1(F)F. The predicted octanol–water partition coefficient (Wildman–Crippen LogP) is 3.23. The summed E-state index contributed by atoms with van der Waals surface area (Å²) in [5, 5.41) is 8.87. The Balaban J connectivity index is 1.94. The summed E-state index contributed by atoms with van der Waals surface area (Å²) in [6.45, 7) is 0.296. The van der Waals surface area contributed by atoms with Crippen LogP contribution in [-0.2, 0) is 16.7 Å². The van der Waals surface area contributed by atoms with E-state index in [4.69, 9.17) is 22.6 Å². The van der Waals surface area contributed by atoms with Gasteiger partial charge in [-0.05, 0) is 30.7 Å². The van der Waals surface area contributed by atoms with E-state index in [1.54, 1.807) is 6.07 Å². The number of aromatic nitrogens is 1. The van der Waals surface area contributed by atoms with Crippen molar-refractivity contribution in [2.45, 2.75) is 24.8 Å². The normalized spacial score (nSPS) is 20.6. The lowest BCUT2D eigenvalue weighted by Crippen LogP contribution is -2.51. The van der Waals surface area contributed by atoms with Crippen LogP contribution >= 0.6 is 11.6 Å². The van der Waals surface area contributed by atoms with Crippen LogP contribution in [-0.4, -0.2) is 29.3 Å². The first kappa shape index (κ1) is 19.7. The molecule has 3 rings (SSSR count). The molecule has 2 N–H and O–H groups in total. The Labute approximate surface area is 164 Å². The smallest absolute Gasteiger partial charge is 0.310 e. The Bertz CT molecular complexity index is 1000. The van der Waals surface area contributed by atoms with E-state index in [1.165, 1.54) is 37.4 Å². The Morgan fingerprint density at radius 3 is 2.79 bits per heavy atom. The van der Waals surface area contributed by atoms with Crippen molar-refractivity contribution in [3.8, 4) is 6.07 Å². The molecule has 1 aliphatic rings. The van der Waals surface area contributed by atoms with Crippen molar-refractivity contribution in [1.82, 2.24) is 4.98 Å². The molecule has 0 amide bonds. The highest BCUT2D eigenvalue weighted by Crippen LogP contribution is 2.46. The van der Waals surface area contributed by atoms with Crippen LogP contribution in [0.2, 0.25) is 5.02 Å². The first-order valence-electron chi connectivity index (χ1n) is 8.20. The number of ketones is 1. The predicted molar refractivity (Wildman–Crippen MR) is 98.3 cm³/mol. The van der Waals surface area contributed by atoms with Gasteiger partial charge >= 0.3 is 5.92 Å². The van der Waals surface area contributed by atoms with Crippen LogP contribution in [0.4, 0.5) is 8.78 Å². The van der Waals surface area contributed by atoms with Crippen LogP contribution in [0.1, 0.15) is 34.1 Å². The Hall–Kier alpha value is -3.05. The number of alkyl halides is 2. The van der Waals surface area contributed by atoms with Crippen molar-refractivity contribution >= 4 is 23.4 Å². The number of amidine groups is 1. The molecule has 144 valence electrons. The van der Waals surface area contributed by atoms with Gasteiger partial charge in [-0.15, -0.1) is 0 Å². The standard InChI is InChI=1S/C19H15ClF2N4O2/c1-18(19(21,22)10-28-17(24)26-18)13-6-11(2-4-14(13)20)7-16(27)15-5-3-12(8-23)9-25-15/h2-6,9H,7,10H2,1H3,(H2,24,26)/t18-/m1/s1. The monoisotopic (exact) mass is 404 g/mol. The number of carbonyl (C=O) groups excluding carboxylic acids is 1. The zero-order chi connectivity index (χ0) is 20.5. The van der Waals surface area contributed by atoms with Crippen molar-refractivity contribution < 1.29 is 18.3 Å². The van der Waals surface area contributed by atoms with E-state index < -0.39 is 18.1 Å². The van der Waals surface area contributed by atoms with Gasteiger partial charge in [-0.1, -0.05) is 23.7 Å². The summed E-state index contributed by atoms with van der Waals surface area (Å²) in [7, 11) is 0. The zero-order valence-electron chi connectivity index (χ0n) is 14.7. The molecule has 0 fully saturated rings. The van der Waals surface area contributed by atoms with E-state index in [9.17, 15) is 13.6 Å². The van der Waals surface area contributed by atoms with E-state index in [0.717, 1.165) is 0 Å². The van der Waals surface area contributed by atoms with Crippen molar-refractivity contribution in [1.29, 1.82) is 5.26 Å². The molecule has 28 heavy (non-hydrogen) atoms. The second kappa shape index (κ2) is 7.17. The molecular formula is C19H15ClF2N4O2. The Morgan fingerprint density at radius 2 is 2.14 bits per heavy atom. The van der Waals surface area contributed by atoms with Gasteiger partial charge in [0.05, 0.1) is 5.56 Å². The number of nitrogens with two attached hydrogens (primary N) is 1. The van der Waals surface area contributed by atoms with Crippen molar-refractivity contribution in [3.05, 3.63) is 63.9 Å². The quantitative estimate of drug-likeness (QED) is 0.788. The maximum atomic E-state index is 14.6. The minimum atomic E-state index is -3.35. The van der Waals surface area contributed by atoms with Gasteiger partial charge in [0, 0.05) is 23.2 Å². The molecule has 0 saturated heterocycles. The third-order valence-corrected chi connectivity index (χ3v) is 4.88. The highest BCUT2D eigenvalue weighted by Gasteiger charge is 2.56. The maximum absolute atomic E-state index is 14.6. The summed E-state index contributed by atoms with van der Waals surface area (Å²) >= 11 is 6.17. The van der Waals surface area contributed by atoms with Gasteiger partial charge in [0.2, 0.25) is 0 Å². The summed E-state index contributed by atoms with van der Waals surface area (Å²) < 4.78 is 33.8. The lowest BCUT2D eigenvalue weighted by Gasteiger charge is -2.38. The molecule has 9 heteroatoms. The summed E-state index contributed by atoms with van der Waals surface area (Å²) in [6.07, 6.45) is 1.21. The average Bonchev–Trinajstić information content (AvgIpc) is 2.66. The van der Waals surface area contributed by atoms with E-state index in [1.807, 2.05) is 6.07 Å². The number of hydrogen-bond donors (Lipinski definition) is 1. The van der Waals surface area contributed by atoms with Crippen LogP contribution in [0, 0.1) is 11.3 Å². The molecule has 1 aromatic carbocycles. The van der Waals surface area contributed by atoms with Crippen LogP contribution in [0.25, 0.3) is 0 Å². The number of Topliss-reactive ketones (excluding diaryl/α,β-unsaturated/α-hetero) is 1. The molecule has 0 aliphatic carbocycles. The number of carbonyl (C=O) groups is 1. The fraction of sp³-hybridized carbons (Fsp3) is 0.263. The third-order valence-electron chi connectivity index (χ3n) is 4.55. The average molecular weight is 405 g/mol. The number of pyridine rings is 1. The van der Waals surface area contributed by atoms with Gasteiger partial charge in [0.25, 0.3) is 6.02 Å². The Kier molecular flexibility index (Phi) is 5.04. The maximum Gasteiger partial charge on any atom is 0.310 e. The van der Waals surface area contributed by atoms with Crippen LogP contribution in [0.15, 0.2) is 41.5 Å². The number of halogens is 3. The first-order valence-corrected chi connectivity index (χ1v) is 8.58. The van der Waals surface area contributed by atoms with E-state index in [0.29, 0.717) is 11.1 Å². The molecule has 6 nitrogen and oxygen atoms in total. The number of aliphatic imine (C=N–C) groups is 1. The van der Waals surface area contributed by atoms with Gasteiger partial charge in [-0.25, -0.2) is 4.99 Å². The van der Waals surface area contributed by atoms with Crippen LogP contribution in [0.3, 0.4) is 0 Å². The molecular weight excluding hydrogens is 390 g/mol. The highest BCUT2D eigenvalue weighted by molar-refractivity contribution is 6.31. The summed E-state index contributed by atoms with van der Waals surface area (Å²) in [5.74, 6) is -3.68. The van der Waals surface area contributed by atoms with E-state index >= 15 is 0 Å². The lowest BCUT2D eigenvalue weighted by molar-refractivity contribution is -0.116. The second-order valence-electron chi connectivity index (χ2n) is 6.47. The molecule has 0 radical (unpaired) electrons. The molecule has 1 aromatic heterocycles. The topological polar surface area (TPSA) is 101 Å².